The van der Waals surface area contributed by atoms with Crippen LogP contribution in [0.5, 0.6) is 5.88 Å². The topological polar surface area (TPSA) is 80.8 Å². The summed E-state index contributed by atoms with van der Waals surface area (Å²) in [5.41, 5.74) is 1.43. The number of carbonyl (C=O) groups is 2. The van der Waals surface area contributed by atoms with E-state index in [0.717, 1.165) is 6.42 Å². The predicted octanol–water partition coefficient (Wildman–Crippen LogP) is 3.14. The molecule has 2 amide bonds. The Morgan fingerprint density at radius 3 is 2.81 bits per heavy atom. The van der Waals surface area contributed by atoms with Crippen LogP contribution < -0.4 is 15.0 Å². The van der Waals surface area contributed by atoms with Crippen molar-refractivity contribution in [3.8, 4) is 5.88 Å². The molecular weight excluding hydrogens is 370 g/mol. The van der Waals surface area contributed by atoms with Crippen molar-refractivity contribution >= 4 is 34.8 Å². The number of pyridine rings is 1. The van der Waals surface area contributed by atoms with Gasteiger partial charge in [-0.05, 0) is 30.7 Å². The van der Waals surface area contributed by atoms with E-state index < -0.39 is 0 Å². The largest absolute Gasteiger partial charge is 0.475 e. The van der Waals surface area contributed by atoms with E-state index in [4.69, 9.17) is 21.1 Å². The predicted molar refractivity (Wildman–Crippen MR) is 103 cm³/mol. The molecule has 1 aromatic heterocycles. The Hall–Kier alpha value is -2.64. The van der Waals surface area contributed by atoms with Crippen LogP contribution in [0, 0.1) is 0 Å². The zero-order chi connectivity index (χ0) is 19.2. The molecule has 0 spiro atoms. The highest BCUT2D eigenvalue weighted by molar-refractivity contribution is 6.31. The molecule has 7 nitrogen and oxygen atoms in total. The molecule has 1 aromatic carbocycles. The highest BCUT2D eigenvalue weighted by Crippen LogP contribution is 2.29. The monoisotopic (exact) mass is 389 g/mol. The molecule has 142 valence electrons. The summed E-state index contributed by atoms with van der Waals surface area (Å²) in [4.78, 5) is 30.6. The summed E-state index contributed by atoms with van der Waals surface area (Å²) in [5.74, 6) is 0.0988. The smallest absolute Gasteiger partial charge is 0.257 e. The first-order chi connectivity index (χ1) is 13.1. The van der Waals surface area contributed by atoms with Crippen LogP contribution in [-0.4, -0.2) is 43.7 Å². The molecule has 1 saturated heterocycles. The minimum absolute atomic E-state index is 0.00876. The van der Waals surface area contributed by atoms with Crippen molar-refractivity contribution in [2.45, 2.75) is 12.8 Å². The maximum absolute atomic E-state index is 12.7. The van der Waals surface area contributed by atoms with E-state index in [1.807, 2.05) is 0 Å². The second kappa shape index (κ2) is 8.83. The fourth-order valence-corrected chi connectivity index (χ4v) is 2.96. The van der Waals surface area contributed by atoms with E-state index in [1.54, 1.807) is 42.3 Å². The lowest BCUT2D eigenvalue weighted by molar-refractivity contribution is -0.117. The van der Waals surface area contributed by atoms with Crippen molar-refractivity contribution in [2.24, 2.45) is 0 Å². The molecule has 0 bridgehead atoms. The second-order valence-electron chi connectivity index (χ2n) is 5.99. The van der Waals surface area contributed by atoms with Gasteiger partial charge in [0, 0.05) is 31.2 Å². The van der Waals surface area contributed by atoms with Crippen molar-refractivity contribution in [2.75, 3.05) is 37.1 Å². The molecule has 1 aliphatic rings. The summed E-state index contributed by atoms with van der Waals surface area (Å²) in [7, 11) is 1.59. The van der Waals surface area contributed by atoms with Crippen LogP contribution in [-0.2, 0) is 9.53 Å². The van der Waals surface area contributed by atoms with Gasteiger partial charge in [-0.1, -0.05) is 11.6 Å². The van der Waals surface area contributed by atoms with Gasteiger partial charge in [-0.15, -0.1) is 0 Å². The van der Waals surface area contributed by atoms with Crippen LogP contribution in [0.3, 0.4) is 0 Å². The van der Waals surface area contributed by atoms with Gasteiger partial charge in [-0.2, -0.15) is 0 Å². The third-order valence-electron chi connectivity index (χ3n) is 4.10. The molecule has 1 N–H and O–H groups in total. The maximum atomic E-state index is 12.7. The van der Waals surface area contributed by atoms with Gasteiger partial charge >= 0.3 is 0 Å². The van der Waals surface area contributed by atoms with E-state index in [0.29, 0.717) is 54.0 Å². The van der Waals surface area contributed by atoms with Crippen molar-refractivity contribution in [3.05, 3.63) is 47.1 Å². The Kier molecular flexibility index (Phi) is 6.26. The van der Waals surface area contributed by atoms with E-state index >= 15 is 0 Å². The van der Waals surface area contributed by atoms with Gasteiger partial charge in [0.05, 0.1) is 29.7 Å². The number of rotatable bonds is 7. The number of halogens is 1. The van der Waals surface area contributed by atoms with Gasteiger partial charge in [-0.25, -0.2) is 4.98 Å². The summed E-state index contributed by atoms with van der Waals surface area (Å²) < 4.78 is 10.3. The fraction of sp³-hybridized carbons (Fsp3) is 0.316. The Labute approximate surface area is 162 Å². The molecule has 27 heavy (non-hydrogen) atoms. The first-order valence-corrected chi connectivity index (χ1v) is 8.95. The number of ether oxygens (including phenoxy) is 2. The summed E-state index contributed by atoms with van der Waals surface area (Å²) in [6, 6.07) is 8.26. The number of aromatic nitrogens is 1. The van der Waals surface area contributed by atoms with Crippen molar-refractivity contribution in [1.82, 2.24) is 4.98 Å². The van der Waals surface area contributed by atoms with Gasteiger partial charge in [0.25, 0.3) is 5.91 Å². The van der Waals surface area contributed by atoms with Crippen molar-refractivity contribution in [1.29, 1.82) is 0 Å². The van der Waals surface area contributed by atoms with Crippen molar-refractivity contribution < 1.29 is 19.1 Å². The van der Waals surface area contributed by atoms with Gasteiger partial charge in [0.2, 0.25) is 11.8 Å². The number of methoxy groups -OCH3 is 1. The van der Waals surface area contributed by atoms with E-state index in [1.165, 1.54) is 6.20 Å². The second-order valence-corrected chi connectivity index (χ2v) is 6.43. The number of nitrogens with zero attached hydrogens (tertiary/aromatic N) is 2. The van der Waals surface area contributed by atoms with Gasteiger partial charge in [0.15, 0.2) is 0 Å². The lowest BCUT2D eigenvalue weighted by atomic mass is 10.1. The molecule has 0 aliphatic carbocycles. The van der Waals surface area contributed by atoms with Crippen molar-refractivity contribution in [3.63, 3.8) is 0 Å². The molecule has 1 aliphatic heterocycles. The molecular formula is C19H20ClN3O4. The maximum Gasteiger partial charge on any atom is 0.257 e. The summed E-state index contributed by atoms with van der Waals surface area (Å²) >= 11 is 6.07. The molecule has 0 atom stereocenters. The molecule has 0 saturated carbocycles. The number of benzene rings is 1. The average Bonchev–Trinajstić information content (AvgIpc) is 3.09. The lowest BCUT2D eigenvalue weighted by Gasteiger charge is -2.19. The molecule has 0 unspecified atom stereocenters. The van der Waals surface area contributed by atoms with E-state index in [2.05, 4.69) is 10.3 Å². The van der Waals surface area contributed by atoms with Crippen LogP contribution in [0.15, 0.2) is 36.5 Å². The fourth-order valence-electron chi connectivity index (χ4n) is 2.79. The molecule has 0 radical (unpaired) electrons. The minimum atomic E-state index is -0.337. The first-order valence-electron chi connectivity index (χ1n) is 8.57. The molecule has 3 rings (SSSR count). The van der Waals surface area contributed by atoms with Crippen LogP contribution >= 0.6 is 11.6 Å². The zero-order valence-electron chi connectivity index (χ0n) is 14.9. The average molecular weight is 390 g/mol. The number of hydrogen-bond donors (Lipinski definition) is 1. The van der Waals surface area contributed by atoms with Crippen LogP contribution in [0.2, 0.25) is 5.02 Å². The minimum Gasteiger partial charge on any atom is -0.475 e. The van der Waals surface area contributed by atoms with Crippen LogP contribution in [0.25, 0.3) is 0 Å². The number of nitrogens with one attached hydrogen (secondary N) is 1. The molecule has 2 aromatic rings. The van der Waals surface area contributed by atoms with Crippen LogP contribution in [0.4, 0.5) is 11.4 Å². The Bertz CT molecular complexity index is 826. The third-order valence-corrected chi connectivity index (χ3v) is 4.34. The number of carbonyl (C=O) groups excluding carboxylic acids is 2. The van der Waals surface area contributed by atoms with Gasteiger partial charge < -0.3 is 19.7 Å². The normalized spacial score (nSPS) is 13.7. The highest BCUT2D eigenvalue weighted by atomic mass is 35.5. The highest BCUT2D eigenvalue weighted by Gasteiger charge is 2.26. The number of hydrogen-bond acceptors (Lipinski definition) is 5. The first kappa shape index (κ1) is 19.1. The quantitative estimate of drug-likeness (QED) is 0.736. The van der Waals surface area contributed by atoms with Gasteiger partial charge in [0.1, 0.15) is 6.61 Å². The Morgan fingerprint density at radius 2 is 2.15 bits per heavy atom. The standard InChI is InChI=1S/C19H20ClN3O4/c1-26-9-10-27-17-7-5-14(12-21-17)22-19(25)15-6-4-13(20)11-16(15)23-8-2-3-18(23)24/h4-7,11-12H,2-3,8-10H2,1H3,(H,22,25). The number of amides is 2. The molecule has 2 heterocycles. The lowest BCUT2D eigenvalue weighted by Crippen LogP contribution is -2.27. The Balaban J connectivity index is 1.73. The van der Waals surface area contributed by atoms with Crippen LogP contribution in [0.1, 0.15) is 23.2 Å². The molecule has 1 fully saturated rings. The molecule has 8 heteroatoms. The number of anilines is 2. The summed E-state index contributed by atoms with van der Waals surface area (Å²) in [6.45, 7) is 1.44. The van der Waals surface area contributed by atoms with E-state index in [9.17, 15) is 9.59 Å². The van der Waals surface area contributed by atoms with Gasteiger partial charge in [-0.3, -0.25) is 9.59 Å². The zero-order valence-corrected chi connectivity index (χ0v) is 15.7. The third kappa shape index (κ3) is 4.75. The summed E-state index contributed by atoms with van der Waals surface area (Å²) in [5, 5.41) is 3.26. The van der Waals surface area contributed by atoms with E-state index in [-0.39, 0.29) is 11.8 Å². The Morgan fingerprint density at radius 1 is 1.30 bits per heavy atom. The summed E-state index contributed by atoms with van der Waals surface area (Å²) in [6.07, 6.45) is 2.75. The SMILES string of the molecule is COCCOc1ccc(NC(=O)c2ccc(Cl)cc2N2CCCC2=O)cn1.